The van der Waals surface area contributed by atoms with Crippen molar-refractivity contribution in [3.63, 3.8) is 0 Å². The minimum absolute atomic E-state index is 0.180. The third kappa shape index (κ3) is 5.46. The molecule has 0 N–H and O–H groups in total. The van der Waals surface area contributed by atoms with Crippen molar-refractivity contribution < 1.29 is 9.53 Å². The van der Waals surface area contributed by atoms with Crippen LogP contribution in [-0.4, -0.2) is 55.1 Å². The van der Waals surface area contributed by atoms with Crippen molar-refractivity contribution in [3.05, 3.63) is 70.8 Å². The summed E-state index contributed by atoms with van der Waals surface area (Å²) in [6.07, 6.45) is 3.30. The highest BCUT2D eigenvalue weighted by Crippen LogP contribution is 2.23. The standard InChI is InChI=1S/C25H32N2O2/c1-20-3-2-4-24(17-20)25(28)27-11-9-22(10-12-27)18-21-5-7-23(8-6-21)19-26-13-15-29-16-14-26/h2-8,17,22H,9-16,18-19H2,1H3. The highest BCUT2D eigenvalue weighted by atomic mass is 16.5. The number of ether oxygens (including phenoxy) is 1. The van der Waals surface area contributed by atoms with Crippen LogP contribution in [0.15, 0.2) is 48.5 Å². The van der Waals surface area contributed by atoms with E-state index in [4.69, 9.17) is 4.74 Å². The van der Waals surface area contributed by atoms with Crippen LogP contribution in [0.1, 0.15) is 39.9 Å². The molecule has 0 spiro atoms. The van der Waals surface area contributed by atoms with Crippen LogP contribution < -0.4 is 0 Å². The molecule has 154 valence electrons. The van der Waals surface area contributed by atoms with Gasteiger partial charge in [-0.25, -0.2) is 0 Å². The van der Waals surface area contributed by atoms with Gasteiger partial charge in [0, 0.05) is 38.3 Å². The number of amides is 1. The van der Waals surface area contributed by atoms with Crippen molar-refractivity contribution in [1.82, 2.24) is 9.80 Å². The second-order valence-corrected chi connectivity index (χ2v) is 8.51. The minimum atomic E-state index is 0.180. The zero-order valence-electron chi connectivity index (χ0n) is 17.5. The van der Waals surface area contributed by atoms with Gasteiger partial charge in [0.05, 0.1) is 13.2 Å². The summed E-state index contributed by atoms with van der Waals surface area (Å²) in [4.78, 5) is 17.2. The van der Waals surface area contributed by atoms with Crippen molar-refractivity contribution in [2.24, 2.45) is 5.92 Å². The van der Waals surface area contributed by atoms with E-state index < -0.39 is 0 Å². The van der Waals surface area contributed by atoms with Crippen LogP contribution in [0.5, 0.6) is 0 Å². The fraction of sp³-hybridized carbons (Fsp3) is 0.480. The van der Waals surface area contributed by atoms with Gasteiger partial charge < -0.3 is 9.64 Å². The lowest BCUT2D eigenvalue weighted by molar-refractivity contribution is 0.0342. The summed E-state index contributed by atoms with van der Waals surface area (Å²) >= 11 is 0. The molecule has 0 radical (unpaired) electrons. The van der Waals surface area contributed by atoms with Gasteiger partial charge in [-0.15, -0.1) is 0 Å². The molecule has 2 aliphatic rings. The van der Waals surface area contributed by atoms with Crippen LogP contribution >= 0.6 is 0 Å². The number of morpholine rings is 1. The van der Waals surface area contributed by atoms with Gasteiger partial charge in [-0.2, -0.15) is 0 Å². The van der Waals surface area contributed by atoms with Crippen molar-refractivity contribution >= 4 is 5.91 Å². The van der Waals surface area contributed by atoms with Crippen LogP contribution in [-0.2, 0) is 17.7 Å². The van der Waals surface area contributed by atoms with E-state index >= 15 is 0 Å². The maximum absolute atomic E-state index is 12.7. The summed E-state index contributed by atoms with van der Waals surface area (Å²) in [6.45, 7) is 8.55. The molecule has 29 heavy (non-hydrogen) atoms. The van der Waals surface area contributed by atoms with Gasteiger partial charge in [0.15, 0.2) is 0 Å². The van der Waals surface area contributed by atoms with Crippen LogP contribution in [0.25, 0.3) is 0 Å². The smallest absolute Gasteiger partial charge is 0.253 e. The predicted molar refractivity (Wildman–Crippen MR) is 116 cm³/mol. The second-order valence-electron chi connectivity index (χ2n) is 8.51. The number of carbonyl (C=O) groups is 1. The van der Waals surface area contributed by atoms with Gasteiger partial charge in [-0.1, -0.05) is 42.0 Å². The Morgan fingerprint density at radius 2 is 1.66 bits per heavy atom. The molecule has 4 nitrogen and oxygen atoms in total. The van der Waals surface area contributed by atoms with Gasteiger partial charge in [-0.3, -0.25) is 9.69 Å². The van der Waals surface area contributed by atoms with E-state index in [2.05, 4.69) is 29.2 Å². The van der Waals surface area contributed by atoms with E-state index in [1.807, 2.05) is 36.1 Å². The first-order valence-electron chi connectivity index (χ1n) is 10.9. The second kappa shape index (κ2) is 9.55. The number of hydrogen-bond donors (Lipinski definition) is 0. The molecule has 2 aliphatic heterocycles. The molecule has 2 fully saturated rings. The summed E-state index contributed by atoms with van der Waals surface area (Å²) in [6, 6.07) is 17.1. The summed E-state index contributed by atoms with van der Waals surface area (Å²) in [7, 11) is 0. The van der Waals surface area contributed by atoms with Crippen molar-refractivity contribution in [3.8, 4) is 0 Å². The summed E-state index contributed by atoms with van der Waals surface area (Å²) in [5.74, 6) is 0.848. The van der Waals surface area contributed by atoms with E-state index in [1.165, 1.54) is 11.1 Å². The molecule has 2 aromatic carbocycles. The molecule has 0 atom stereocenters. The van der Waals surface area contributed by atoms with Crippen LogP contribution in [0.3, 0.4) is 0 Å². The van der Waals surface area contributed by atoms with Gasteiger partial charge in [0.25, 0.3) is 5.91 Å². The number of carbonyl (C=O) groups excluding carboxylic acids is 1. The first kappa shape index (κ1) is 20.1. The number of hydrogen-bond acceptors (Lipinski definition) is 3. The fourth-order valence-electron chi connectivity index (χ4n) is 4.43. The lowest BCUT2D eigenvalue weighted by Gasteiger charge is -2.32. The maximum Gasteiger partial charge on any atom is 0.253 e. The Balaban J connectivity index is 1.25. The number of rotatable bonds is 5. The molecule has 4 heteroatoms. The number of likely N-dealkylation sites (tertiary alicyclic amines) is 1. The first-order valence-corrected chi connectivity index (χ1v) is 10.9. The molecule has 1 amide bonds. The average molecular weight is 393 g/mol. The third-order valence-corrected chi connectivity index (χ3v) is 6.22. The van der Waals surface area contributed by atoms with Crippen LogP contribution in [0, 0.1) is 12.8 Å². The van der Waals surface area contributed by atoms with Gasteiger partial charge in [0.2, 0.25) is 0 Å². The number of nitrogens with zero attached hydrogens (tertiary/aromatic N) is 2. The van der Waals surface area contributed by atoms with Crippen molar-refractivity contribution in [1.29, 1.82) is 0 Å². The van der Waals surface area contributed by atoms with Gasteiger partial charge >= 0.3 is 0 Å². The normalized spacial score (nSPS) is 18.7. The fourth-order valence-corrected chi connectivity index (χ4v) is 4.43. The largest absolute Gasteiger partial charge is 0.379 e. The predicted octanol–water partition coefficient (Wildman–Crippen LogP) is 3.92. The topological polar surface area (TPSA) is 32.8 Å². The highest BCUT2D eigenvalue weighted by molar-refractivity contribution is 5.94. The third-order valence-electron chi connectivity index (χ3n) is 6.22. The summed E-state index contributed by atoms with van der Waals surface area (Å²) in [5, 5.41) is 0. The van der Waals surface area contributed by atoms with E-state index in [1.54, 1.807) is 0 Å². The molecule has 2 aromatic rings. The van der Waals surface area contributed by atoms with E-state index in [0.29, 0.717) is 5.92 Å². The Hall–Kier alpha value is -2.17. The molecule has 0 saturated carbocycles. The molecule has 0 aromatic heterocycles. The molecular formula is C25H32N2O2. The monoisotopic (exact) mass is 392 g/mol. The molecule has 4 rings (SSSR count). The minimum Gasteiger partial charge on any atom is -0.379 e. The van der Waals surface area contributed by atoms with Crippen molar-refractivity contribution in [2.45, 2.75) is 32.7 Å². The Morgan fingerprint density at radius 1 is 0.966 bits per heavy atom. The lowest BCUT2D eigenvalue weighted by atomic mass is 9.89. The zero-order chi connectivity index (χ0) is 20.1. The van der Waals surface area contributed by atoms with E-state index in [-0.39, 0.29) is 5.91 Å². The first-order chi connectivity index (χ1) is 14.2. The number of piperidine rings is 1. The molecule has 0 aliphatic carbocycles. The molecule has 2 heterocycles. The highest BCUT2D eigenvalue weighted by Gasteiger charge is 2.23. The number of benzene rings is 2. The van der Waals surface area contributed by atoms with Gasteiger partial charge in [-0.05, 0) is 55.4 Å². The molecule has 0 unspecified atom stereocenters. The Bertz CT molecular complexity index is 804. The molecule has 0 bridgehead atoms. The number of aryl methyl sites for hydroxylation is 1. The van der Waals surface area contributed by atoms with Crippen LogP contribution in [0.2, 0.25) is 0 Å². The van der Waals surface area contributed by atoms with E-state index in [0.717, 1.165) is 76.3 Å². The van der Waals surface area contributed by atoms with E-state index in [9.17, 15) is 4.79 Å². The summed E-state index contributed by atoms with van der Waals surface area (Å²) in [5.41, 5.74) is 4.76. The zero-order valence-corrected chi connectivity index (χ0v) is 17.5. The molecule has 2 saturated heterocycles. The van der Waals surface area contributed by atoms with Gasteiger partial charge in [0.1, 0.15) is 0 Å². The maximum atomic E-state index is 12.7. The quantitative estimate of drug-likeness (QED) is 0.773. The molecular weight excluding hydrogens is 360 g/mol. The van der Waals surface area contributed by atoms with Crippen molar-refractivity contribution in [2.75, 3.05) is 39.4 Å². The average Bonchev–Trinajstić information content (AvgIpc) is 2.76. The Labute approximate surface area is 174 Å². The lowest BCUT2D eigenvalue weighted by Crippen LogP contribution is -2.38. The Kier molecular flexibility index (Phi) is 6.63. The summed E-state index contributed by atoms with van der Waals surface area (Å²) < 4.78 is 5.43. The van der Waals surface area contributed by atoms with Crippen LogP contribution in [0.4, 0.5) is 0 Å². The Morgan fingerprint density at radius 3 is 2.34 bits per heavy atom. The SMILES string of the molecule is Cc1cccc(C(=O)N2CCC(Cc3ccc(CN4CCOCC4)cc3)CC2)c1.